The van der Waals surface area contributed by atoms with E-state index in [4.69, 9.17) is 0 Å². The molecule has 0 spiro atoms. The second-order valence-electron chi connectivity index (χ2n) is 7.13. The van der Waals surface area contributed by atoms with Gasteiger partial charge in [0.05, 0.1) is 6.21 Å². The molecule has 4 rings (SSSR count). The second-order valence-corrected chi connectivity index (χ2v) is 7.13. The van der Waals surface area contributed by atoms with Crippen LogP contribution in [0.2, 0.25) is 0 Å². The minimum atomic E-state index is -0.823. The summed E-state index contributed by atoms with van der Waals surface area (Å²) in [6, 6.07) is 23.7. The lowest BCUT2D eigenvalue weighted by Gasteiger charge is -2.09. The Morgan fingerprint density at radius 2 is 1.43 bits per heavy atom. The van der Waals surface area contributed by atoms with Gasteiger partial charge in [-0.05, 0) is 58.7 Å². The van der Waals surface area contributed by atoms with Crippen molar-refractivity contribution in [2.24, 2.45) is 5.10 Å². The Labute approximate surface area is 174 Å². The maximum atomic E-state index is 12.2. The molecule has 0 saturated carbocycles. The first-order chi connectivity index (χ1) is 14.5. The maximum Gasteiger partial charge on any atom is 0.329 e. The lowest BCUT2D eigenvalue weighted by molar-refractivity contribution is -0.136. The number of fused-ring (bicyclic) bond motifs is 2. The number of nitrogens with zero attached hydrogens (tertiary/aromatic N) is 1. The van der Waals surface area contributed by atoms with Crippen LogP contribution in [0, 0.1) is 13.8 Å². The average Bonchev–Trinajstić information content (AvgIpc) is 2.76. The molecule has 0 bridgehead atoms. The summed E-state index contributed by atoms with van der Waals surface area (Å²) < 4.78 is 0. The van der Waals surface area contributed by atoms with Gasteiger partial charge in [-0.1, -0.05) is 60.7 Å². The Balaban J connectivity index is 1.56. The Morgan fingerprint density at radius 3 is 2.10 bits per heavy atom. The third-order valence-corrected chi connectivity index (χ3v) is 5.23. The molecule has 0 aliphatic carbocycles. The molecule has 0 aromatic heterocycles. The number of hydrazone groups is 1. The molecular weight excluding hydrogens is 374 g/mol. The number of nitrogens with one attached hydrogen (secondary N) is 2. The van der Waals surface area contributed by atoms with Crippen LogP contribution in [0.1, 0.15) is 16.7 Å². The zero-order valence-electron chi connectivity index (χ0n) is 16.8. The molecule has 2 N–H and O–H groups in total. The standard InChI is InChI=1S/C25H21N3O2/c1-16-8-7-13-23(17(16)2)27-24(29)25(30)28-26-15-22-20-11-5-3-9-18(20)14-19-10-4-6-12-21(19)22/h3-15H,1-2H3,(H,27,29)(H,28,30). The van der Waals surface area contributed by atoms with Crippen molar-refractivity contribution < 1.29 is 9.59 Å². The number of carbonyl (C=O) groups excluding carboxylic acids is 2. The summed E-state index contributed by atoms with van der Waals surface area (Å²) >= 11 is 0. The number of aryl methyl sites for hydroxylation is 1. The zero-order valence-corrected chi connectivity index (χ0v) is 16.8. The first-order valence-electron chi connectivity index (χ1n) is 9.65. The largest absolute Gasteiger partial charge is 0.329 e. The predicted molar refractivity (Wildman–Crippen MR) is 122 cm³/mol. The lowest BCUT2D eigenvalue weighted by atomic mass is 9.97. The fourth-order valence-electron chi connectivity index (χ4n) is 3.46. The summed E-state index contributed by atoms with van der Waals surface area (Å²) in [7, 11) is 0. The van der Waals surface area contributed by atoms with Crippen molar-refractivity contribution in [3.05, 3.63) is 89.5 Å². The van der Waals surface area contributed by atoms with Crippen LogP contribution in [0.3, 0.4) is 0 Å². The number of hydrogen-bond donors (Lipinski definition) is 2. The molecule has 0 aliphatic heterocycles. The molecule has 4 aromatic carbocycles. The van der Waals surface area contributed by atoms with Crippen LogP contribution in [0.4, 0.5) is 5.69 Å². The molecule has 0 radical (unpaired) electrons. The van der Waals surface area contributed by atoms with Crippen molar-refractivity contribution in [2.75, 3.05) is 5.32 Å². The van der Waals surface area contributed by atoms with Crippen LogP contribution in [0.15, 0.2) is 77.9 Å². The zero-order chi connectivity index (χ0) is 21.1. The number of benzene rings is 4. The highest BCUT2D eigenvalue weighted by molar-refractivity contribution is 6.39. The third-order valence-electron chi connectivity index (χ3n) is 5.23. The molecule has 5 heteroatoms. The van der Waals surface area contributed by atoms with Gasteiger partial charge in [-0.25, -0.2) is 5.43 Å². The van der Waals surface area contributed by atoms with Crippen LogP contribution in [0.5, 0.6) is 0 Å². The topological polar surface area (TPSA) is 70.6 Å². The highest BCUT2D eigenvalue weighted by atomic mass is 16.2. The molecular formula is C25H21N3O2. The molecule has 30 heavy (non-hydrogen) atoms. The van der Waals surface area contributed by atoms with Crippen molar-refractivity contribution in [2.45, 2.75) is 13.8 Å². The minimum absolute atomic E-state index is 0.610. The number of carbonyl (C=O) groups is 2. The van der Waals surface area contributed by atoms with Gasteiger partial charge in [0.2, 0.25) is 0 Å². The first kappa shape index (κ1) is 19.3. The molecule has 0 atom stereocenters. The van der Waals surface area contributed by atoms with Gasteiger partial charge < -0.3 is 5.32 Å². The van der Waals surface area contributed by atoms with E-state index < -0.39 is 11.8 Å². The van der Waals surface area contributed by atoms with Gasteiger partial charge in [-0.2, -0.15) is 5.10 Å². The summed E-state index contributed by atoms with van der Waals surface area (Å²) in [6.45, 7) is 3.84. The fourth-order valence-corrected chi connectivity index (χ4v) is 3.46. The van der Waals surface area contributed by atoms with Crippen molar-refractivity contribution in [3.8, 4) is 0 Å². The smallest absolute Gasteiger partial charge is 0.317 e. The van der Waals surface area contributed by atoms with E-state index in [-0.39, 0.29) is 0 Å². The predicted octanol–water partition coefficient (Wildman–Crippen LogP) is 4.70. The Hall–Kier alpha value is -3.99. The maximum absolute atomic E-state index is 12.2. The molecule has 148 valence electrons. The number of anilines is 1. The van der Waals surface area contributed by atoms with Gasteiger partial charge in [0.25, 0.3) is 0 Å². The summed E-state index contributed by atoms with van der Waals surface area (Å²) in [5, 5.41) is 10.9. The quantitative estimate of drug-likeness (QED) is 0.228. The highest BCUT2D eigenvalue weighted by Gasteiger charge is 2.14. The van der Waals surface area contributed by atoms with Gasteiger partial charge in [0.15, 0.2) is 0 Å². The monoisotopic (exact) mass is 395 g/mol. The Morgan fingerprint density at radius 1 is 0.800 bits per heavy atom. The van der Waals surface area contributed by atoms with E-state index in [9.17, 15) is 9.59 Å². The van der Waals surface area contributed by atoms with Gasteiger partial charge in [0.1, 0.15) is 0 Å². The fraction of sp³-hybridized carbons (Fsp3) is 0.0800. The number of hydrogen-bond acceptors (Lipinski definition) is 3. The van der Waals surface area contributed by atoms with E-state index in [1.54, 1.807) is 12.3 Å². The van der Waals surface area contributed by atoms with Gasteiger partial charge in [-0.3, -0.25) is 9.59 Å². The van der Waals surface area contributed by atoms with Crippen molar-refractivity contribution in [3.63, 3.8) is 0 Å². The van der Waals surface area contributed by atoms with E-state index >= 15 is 0 Å². The minimum Gasteiger partial charge on any atom is -0.317 e. The molecule has 0 saturated heterocycles. The van der Waals surface area contributed by atoms with Gasteiger partial charge in [-0.15, -0.1) is 0 Å². The van der Waals surface area contributed by atoms with Crippen molar-refractivity contribution in [1.29, 1.82) is 0 Å². The lowest BCUT2D eigenvalue weighted by Crippen LogP contribution is -2.32. The van der Waals surface area contributed by atoms with Crippen LogP contribution in [-0.4, -0.2) is 18.0 Å². The number of rotatable bonds is 3. The van der Waals surface area contributed by atoms with E-state index in [1.807, 2.05) is 74.5 Å². The average molecular weight is 395 g/mol. The molecule has 2 amide bonds. The van der Waals surface area contributed by atoms with Crippen molar-refractivity contribution in [1.82, 2.24) is 5.43 Å². The summed E-state index contributed by atoms with van der Waals surface area (Å²) in [4.78, 5) is 24.5. The van der Waals surface area contributed by atoms with E-state index in [0.29, 0.717) is 5.69 Å². The normalized spacial score (nSPS) is 11.1. The van der Waals surface area contributed by atoms with E-state index in [2.05, 4.69) is 21.9 Å². The Kier molecular flexibility index (Phi) is 5.26. The van der Waals surface area contributed by atoms with Crippen LogP contribution in [-0.2, 0) is 9.59 Å². The molecule has 0 heterocycles. The van der Waals surface area contributed by atoms with Crippen LogP contribution >= 0.6 is 0 Å². The van der Waals surface area contributed by atoms with E-state index in [0.717, 1.165) is 38.2 Å². The van der Waals surface area contributed by atoms with Crippen LogP contribution in [0.25, 0.3) is 21.5 Å². The summed E-state index contributed by atoms with van der Waals surface area (Å²) in [6.07, 6.45) is 1.59. The van der Waals surface area contributed by atoms with Gasteiger partial charge >= 0.3 is 11.8 Å². The molecule has 5 nitrogen and oxygen atoms in total. The van der Waals surface area contributed by atoms with Crippen LogP contribution < -0.4 is 10.7 Å². The molecule has 4 aromatic rings. The third kappa shape index (κ3) is 3.78. The number of amides is 2. The summed E-state index contributed by atoms with van der Waals surface area (Å²) in [5.74, 6) is -1.58. The molecule has 0 fully saturated rings. The van der Waals surface area contributed by atoms with Crippen molar-refractivity contribution >= 4 is 45.3 Å². The summed E-state index contributed by atoms with van der Waals surface area (Å²) in [5.41, 5.74) is 5.79. The highest BCUT2D eigenvalue weighted by Crippen LogP contribution is 2.27. The first-order valence-corrected chi connectivity index (χ1v) is 9.65. The SMILES string of the molecule is Cc1cccc(NC(=O)C(=O)NN=Cc2c3ccccc3cc3ccccc23)c1C. The second kappa shape index (κ2) is 8.17. The molecule has 0 unspecified atom stereocenters. The Bertz CT molecular complexity index is 1250. The van der Waals surface area contributed by atoms with E-state index in [1.165, 1.54) is 0 Å². The van der Waals surface area contributed by atoms with Gasteiger partial charge in [0, 0.05) is 11.3 Å². The molecule has 0 aliphatic rings.